The average Bonchev–Trinajstić information content (AvgIpc) is 0.823. The van der Waals surface area contributed by atoms with Gasteiger partial charge in [0.1, 0.15) is 17.2 Å². The maximum absolute atomic E-state index is 13.9. The van der Waals surface area contributed by atoms with Crippen LogP contribution in [0, 0.1) is 72.8 Å². The number of pyridine rings is 7. The van der Waals surface area contributed by atoms with Gasteiger partial charge in [0, 0.05) is 223 Å². The number of fused-ring (bicyclic) bond motifs is 1. The molecule has 6 radical (unpaired) electrons. The number of nitrogens with zero attached hydrogens (tertiary/aromatic N) is 11. The topological polar surface area (TPSA) is 255 Å². The molecule has 0 spiro atoms. The minimum atomic E-state index is -1.05. The van der Waals surface area contributed by atoms with Gasteiger partial charge in [-0.3, -0.25) is 32.2 Å². The predicted molar refractivity (Wildman–Crippen MR) is 458 cm³/mol. The molecule has 0 bridgehead atoms. The summed E-state index contributed by atoms with van der Waals surface area (Å²) >= 11 is 0. The number of aromatic carboxylic acids is 2. The maximum Gasteiger partial charge on any atom is 0.356 e. The first-order valence-corrected chi connectivity index (χ1v) is 36.9. The van der Waals surface area contributed by atoms with Gasteiger partial charge in [0.25, 0.3) is 0 Å². The molecule has 672 valence electrons. The van der Waals surface area contributed by atoms with Crippen LogP contribution in [0.25, 0.3) is 88.0 Å². The molecule has 8 aromatic heterocycles. The van der Waals surface area contributed by atoms with E-state index in [-0.39, 0.29) is 165 Å². The molecule has 21 nitrogen and oxygen atoms in total. The number of hydrogen-bond donors (Lipinski definition) is 2. The van der Waals surface area contributed by atoms with E-state index in [2.05, 4.69) is 181 Å². The van der Waals surface area contributed by atoms with Gasteiger partial charge in [0.05, 0.1) is 62.0 Å². The summed E-state index contributed by atoms with van der Waals surface area (Å²) in [5.74, 6) is -2.02. The Bertz CT molecular complexity index is 5780. The van der Waals surface area contributed by atoms with Crippen LogP contribution < -0.4 is 28.4 Å². The molecule has 7 aromatic carbocycles. The summed E-state index contributed by atoms with van der Waals surface area (Å²) in [6.45, 7) is 26.8. The molecule has 0 fully saturated rings. The van der Waals surface area contributed by atoms with Crippen molar-refractivity contribution in [3.8, 4) is 102 Å². The molecule has 0 saturated carbocycles. The Labute approximate surface area is 822 Å². The molecule has 8 heterocycles. The van der Waals surface area contributed by atoms with Crippen molar-refractivity contribution < 1.29 is 186 Å². The molecular weight excluding hydrogens is 2710 g/mol. The van der Waals surface area contributed by atoms with E-state index < -0.39 is 46.6 Å². The van der Waals surface area contributed by atoms with Crippen LogP contribution in [0.3, 0.4) is 0 Å². The quantitative estimate of drug-likeness (QED) is 0.0758. The number of rotatable bonds is 14. The van der Waals surface area contributed by atoms with Crippen molar-refractivity contribution in [2.24, 2.45) is 0 Å². The fourth-order valence-corrected chi connectivity index (χ4v) is 10.7. The molecule has 15 aromatic rings. The Kier molecular flexibility index (Phi) is 50.2. The molecule has 128 heavy (non-hydrogen) atoms. The number of carbonyl (C=O) groups is 2. The number of carboxylic acid groups (broad SMARTS) is 2. The number of hydrogen-bond acceptors (Lipinski definition) is 17. The molecule has 15 rings (SSSR count). The van der Waals surface area contributed by atoms with Crippen molar-refractivity contribution in [2.45, 2.75) is 52.4 Å². The number of halogens is 4. The van der Waals surface area contributed by atoms with Crippen molar-refractivity contribution >= 4 is 34.1 Å². The third-order valence-electron chi connectivity index (χ3n) is 17.0. The van der Waals surface area contributed by atoms with Crippen molar-refractivity contribution in [2.75, 3.05) is 42.7 Å². The van der Waals surface area contributed by atoms with Crippen LogP contribution in [0.5, 0.6) is 34.5 Å². The van der Waals surface area contributed by atoms with E-state index in [4.69, 9.17) is 51.8 Å². The maximum atomic E-state index is 13.9. The molecule has 0 unspecified atom stereocenters. The van der Waals surface area contributed by atoms with E-state index in [1.165, 1.54) is 91.5 Å². The SMILES string of the molecule is CC(C)(C)c1cc[c-]c(-c2ccccn2)c1.CC(C)(C)c1cc[c-]c(-c2nccc3ccccc23)c1.COc1c[c-]c(-c2ccccn2)c(OC)c1.COc1c[c-]c(-c2ccccn2)c(OC)c1.O=C(O)c1ccccn1.O=C(O)c1cnccn1.[C-]#[N+]c1c(F)c[c-]c(-c2cc(OC)ccn2)c1F.[C-]#[N+]c1c(F)c[c-]c(-c2cc(OC)ccn2)c1F.[Ir].[Ir].[Ir].[Ir].[Ir].[Ir]. The fourth-order valence-electron chi connectivity index (χ4n) is 10.7. The van der Waals surface area contributed by atoms with Gasteiger partial charge in [-0.15, -0.1) is 130 Å². The number of methoxy groups -OCH3 is 6. The molecule has 0 amide bonds. The fraction of sp³-hybridized carbons (Fsp3) is 0.144. The molecule has 0 saturated heterocycles. The van der Waals surface area contributed by atoms with E-state index in [9.17, 15) is 27.2 Å². The van der Waals surface area contributed by atoms with Gasteiger partial charge in [-0.25, -0.2) is 19.6 Å². The number of benzene rings is 7. The van der Waals surface area contributed by atoms with Crippen LogP contribution in [0.4, 0.5) is 28.9 Å². The van der Waals surface area contributed by atoms with E-state index in [0.29, 0.717) is 23.0 Å². The number of aromatic nitrogens is 9. The van der Waals surface area contributed by atoms with E-state index in [1.54, 1.807) is 77.2 Å². The van der Waals surface area contributed by atoms with Crippen LogP contribution >= 0.6 is 0 Å². The normalized spacial score (nSPS) is 9.77. The summed E-state index contributed by atoms with van der Waals surface area (Å²) in [4.78, 5) is 61.9. The molecule has 0 aliphatic carbocycles. The first-order chi connectivity index (χ1) is 58.8. The molecule has 31 heteroatoms. The zero-order valence-corrected chi connectivity index (χ0v) is 84.8. The Morgan fingerprint density at radius 1 is 0.367 bits per heavy atom. The Balaban J connectivity index is 0.000000497. The number of ether oxygens (including phenoxy) is 6. The van der Waals surface area contributed by atoms with Crippen molar-refractivity contribution in [1.29, 1.82) is 0 Å². The third kappa shape index (κ3) is 33.5. The second-order valence-electron chi connectivity index (χ2n) is 27.1. The number of carboxylic acids is 2. The smallest absolute Gasteiger partial charge is 0.356 e. The van der Waals surface area contributed by atoms with Crippen molar-refractivity contribution in [3.63, 3.8) is 0 Å². The van der Waals surface area contributed by atoms with Gasteiger partial charge in [-0.05, 0) is 116 Å². The van der Waals surface area contributed by atoms with Crippen LogP contribution in [-0.4, -0.2) is 110 Å². The Morgan fingerprint density at radius 3 is 1.13 bits per heavy atom. The van der Waals surface area contributed by atoms with Crippen LogP contribution in [0.1, 0.15) is 73.6 Å². The molecule has 0 aliphatic rings. The van der Waals surface area contributed by atoms with Gasteiger partial charge in [-0.1, -0.05) is 132 Å². The van der Waals surface area contributed by atoms with Gasteiger partial charge >= 0.3 is 11.9 Å². The summed E-state index contributed by atoms with van der Waals surface area (Å²) in [7, 11) is 9.40. The van der Waals surface area contributed by atoms with E-state index in [1.807, 2.05) is 97.3 Å². The van der Waals surface area contributed by atoms with Crippen molar-refractivity contribution in [3.05, 3.63) is 367 Å². The monoisotopic (exact) mass is 2790 g/mol. The Morgan fingerprint density at radius 2 is 0.758 bits per heavy atom. The summed E-state index contributed by atoms with van der Waals surface area (Å²) in [6, 6.07) is 78.0. The first kappa shape index (κ1) is 112. The summed E-state index contributed by atoms with van der Waals surface area (Å²) in [5.41, 5.74) is 9.47. The van der Waals surface area contributed by atoms with Gasteiger partial charge in [0.15, 0.2) is 17.1 Å². The van der Waals surface area contributed by atoms with Crippen LogP contribution in [0.2, 0.25) is 0 Å². The predicted octanol–water partition coefficient (Wildman–Crippen LogP) is 21.7. The summed E-state index contributed by atoms with van der Waals surface area (Å²) in [5, 5.41) is 19.0. The second-order valence-corrected chi connectivity index (χ2v) is 27.1. The minimum absolute atomic E-state index is 0. The van der Waals surface area contributed by atoms with Crippen LogP contribution in [-0.2, 0) is 131 Å². The van der Waals surface area contributed by atoms with Crippen LogP contribution in [0.15, 0.2) is 262 Å². The third-order valence-corrected chi connectivity index (χ3v) is 17.0. The van der Waals surface area contributed by atoms with Gasteiger partial charge in [-0.2, -0.15) is 0 Å². The largest absolute Gasteiger partial charge is 0.540 e. The van der Waals surface area contributed by atoms with Gasteiger partial charge < -0.3 is 68.5 Å². The Hall–Kier alpha value is -11.7. The van der Waals surface area contributed by atoms with E-state index in [0.717, 1.165) is 68.7 Å². The standard InChI is InChI=1S/C19H18N.C15H16N.2C13H7F2N2O.2C13H12NO2.C6H5NO2.C5H4N2O2.6Ir/c1-19(2,3)16-9-6-8-15(13-16)18-17-10-5-4-7-14(17)11-12-20-18;1-15(2,3)13-8-6-7-12(11-13)14-9-4-5-10-16-14;2*1-16-13-10(14)4-3-9(12(13)15)11-7-8(18-2)5-6-17-11;2*1-15-10-6-7-11(13(9-10)16-2)12-5-3-4-8-14-12;8-6(9)5-3-1-2-4-7-5;8-5(9)4-3-6-1-2-7-4;;;;;;/h4-7,9-13H,1-3H3;4-6,8-11H,1-3H3;2*4-7H,2H3;2*3-6,8-9H,1-2H3;1-4H,(H,8,9);1-3H,(H,8,9);;;;;;/q6*-1;;;;;;;;. The average molecular weight is 2790 g/mol. The minimum Gasteiger partial charge on any atom is -0.540 e. The molecule has 0 aliphatic heterocycles. The van der Waals surface area contributed by atoms with Gasteiger partial charge in [0.2, 0.25) is 0 Å². The summed E-state index contributed by atoms with van der Waals surface area (Å²) < 4.78 is 84.9. The second kappa shape index (κ2) is 57.2. The summed E-state index contributed by atoms with van der Waals surface area (Å²) in [6.07, 6.45) is 15.4. The van der Waals surface area contributed by atoms with E-state index >= 15 is 0 Å². The molecular formula is C97H81F4Ir6N11O10-6. The van der Waals surface area contributed by atoms with Crippen molar-refractivity contribution in [1.82, 2.24) is 44.9 Å². The zero-order chi connectivity index (χ0) is 88.1. The first-order valence-electron chi connectivity index (χ1n) is 36.9. The zero-order valence-electron chi connectivity index (χ0n) is 70.4. The molecule has 2 N–H and O–H groups in total. The molecule has 0 atom stereocenters.